The number of hydrogen-bond acceptors (Lipinski definition) is 3. The summed E-state index contributed by atoms with van der Waals surface area (Å²) < 4.78 is 5.22. The van der Waals surface area contributed by atoms with Crippen LogP contribution in [-0.4, -0.2) is 29.0 Å². The molecule has 1 aliphatic rings. The number of amides is 2. The Morgan fingerprint density at radius 3 is 2.37 bits per heavy atom. The first-order chi connectivity index (χ1) is 12.8. The monoisotopic (exact) mass is 366 g/mol. The van der Waals surface area contributed by atoms with E-state index in [1.807, 2.05) is 62.1 Å². The SMILES string of the molecule is CC(C)(C)OC(=O)NCc1ccc(C(=O)N2CCc3ccccc3C2)cc1. The molecule has 2 aromatic rings. The van der Waals surface area contributed by atoms with Gasteiger partial charge in [-0.05, 0) is 56.0 Å². The van der Waals surface area contributed by atoms with Crippen LogP contribution in [0.1, 0.15) is 47.8 Å². The molecule has 2 amide bonds. The zero-order valence-electron chi connectivity index (χ0n) is 16.1. The molecule has 1 aliphatic heterocycles. The minimum atomic E-state index is -0.520. The van der Waals surface area contributed by atoms with Crippen LogP contribution in [0.25, 0.3) is 0 Å². The zero-order chi connectivity index (χ0) is 19.4. The van der Waals surface area contributed by atoms with Crippen LogP contribution >= 0.6 is 0 Å². The van der Waals surface area contributed by atoms with E-state index in [1.165, 1.54) is 11.1 Å². The molecule has 5 nitrogen and oxygen atoms in total. The Balaban J connectivity index is 1.57. The third kappa shape index (κ3) is 5.09. The molecular weight excluding hydrogens is 340 g/mol. The number of hydrogen-bond donors (Lipinski definition) is 1. The first-order valence-electron chi connectivity index (χ1n) is 9.24. The van der Waals surface area contributed by atoms with Crippen molar-refractivity contribution in [2.45, 2.75) is 45.9 Å². The molecule has 0 radical (unpaired) electrons. The van der Waals surface area contributed by atoms with Gasteiger partial charge in [0.15, 0.2) is 0 Å². The summed E-state index contributed by atoms with van der Waals surface area (Å²) in [5, 5.41) is 2.72. The Morgan fingerprint density at radius 2 is 1.70 bits per heavy atom. The topological polar surface area (TPSA) is 58.6 Å². The lowest BCUT2D eigenvalue weighted by Crippen LogP contribution is -2.35. The largest absolute Gasteiger partial charge is 0.444 e. The third-order valence-corrected chi connectivity index (χ3v) is 4.45. The molecule has 27 heavy (non-hydrogen) atoms. The summed E-state index contributed by atoms with van der Waals surface area (Å²) in [5.41, 5.74) is 3.60. The molecule has 0 unspecified atom stereocenters. The maximum atomic E-state index is 12.8. The number of fused-ring (bicyclic) bond motifs is 1. The van der Waals surface area contributed by atoms with Gasteiger partial charge in [0, 0.05) is 25.2 Å². The standard InChI is InChI=1S/C22H26N2O3/c1-22(2,3)27-21(26)23-14-16-8-10-18(11-9-16)20(25)24-13-12-17-6-4-5-7-19(17)15-24/h4-11H,12-15H2,1-3H3,(H,23,26). The molecule has 0 spiro atoms. The van der Waals surface area contributed by atoms with Crippen LogP contribution in [0.2, 0.25) is 0 Å². The van der Waals surface area contributed by atoms with Crippen molar-refractivity contribution in [3.63, 3.8) is 0 Å². The van der Waals surface area contributed by atoms with E-state index in [0.29, 0.717) is 18.7 Å². The second-order valence-electron chi connectivity index (χ2n) is 7.80. The lowest BCUT2D eigenvalue weighted by Gasteiger charge is -2.29. The Morgan fingerprint density at radius 1 is 1.04 bits per heavy atom. The van der Waals surface area contributed by atoms with E-state index in [0.717, 1.165) is 18.5 Å². The molecule has 0 saturated heterocycles. The Hall–Kier alpha value is -2.82. The van der Waals surface area contributed by atoms with Gasteiger partial charge in [0.05, 0.1) is 0 Å². The van der Waals surface area contributed by atoms with Gasteiger partial charge in [0.2, 0.25) is 0 Å². The van der Waals surface area contributed by atoms with Crippen LogP contribution < -0.4 is 5.32 Å². The number of benzene rings is 2. The van der Waals surface area contributed by atoms with Crippen molar-refractivity contribution >= 4 is 12.0 Å². The third-order valence-electron chi connectivity index (χ3n) is 4.45. The predicted molar refractivity (Wildman–Crippen MR) is 104 cm³/mol. The van der Waals surface area contributed by atoms with Crippen LogP contribution in [0.3, 0.4) is 0 Å². The number of carbonyl (C=O) groups excluding carboxylic acids is 2. The summed E-state index contributed by atoms with van der Waals surface area (Å²) in [6, 6.07) is 15.6. The van der Waals surface area contributed by atoms with Gasteiger partial charge in [-0.3, -0.25) is 4.79 Å². The molecule has 5 heteroatoms. The van der Waals surface area contributed by atoms with E-state index in [2.05, 4.69) is 17.4 Å². The normalized spacial score (nSPS) is 13.7. The zero-order valence-corrected chi connectivity index (χ0v) is 16.1. The van der Waals surface area contributed by atoms with E-state index in [4.69, 9.17) is 4.74 Å². The van der Waals surface area contributed by atoms with Crippen molar-refractivity contribution in [1.29, 1.82) is 0 Å². The fraction of sp³-hybridized carbons (Fsp3) is 0.364. The van der Waals surface area contributed by atoms with Gasteiger partial charge in [0.1, 0.15) is 5.60 Å². The molecule has 0 aliphatic carbocycles. The van der Waals surface area contributed by atoms with Gasteiger partial charge in [0.25, 0.3) is 5.91 Å². The first-order valence-corrected chi connectivity index (χ1v) is 9.24. The smallest absolute Gasteiger partial charge is 0.407 e. The molecule has 0 fully saturated rings. The van der Waals surface area contributed by atoms with Crippen molar-refractivity contribution in [3.8, 4) is 0 Å². The Labute approximate surface area is 160 Å². The molecular formula is C22H26N2O3. The van der Waals surface area contributed by atoms with Crippen LogP contribution in [0, 0.1) is 0 Å². The van der Waals surface area contributed by atoms with Gasteiger partial charge >= 0.3 is 6.09 Å². The van der Waals surface area contributed by atoms with Gasteiger partial charge < -0.3 is 15.0 Å². The highest BCUT2D eigenvalue weighted by Crippen LogP contribution is 2.20. The summed E-state index contributed by atoms with van der Waals surface area (Å²) in [6.45, 7) is 7.22. The van der Waals surface area contributed by atoms with E-state index in [9.17, 15) is 9.59 Å². The van der Waals surface area contributed by atoms with Crippen molar-refractivity contribution < 1.29 is 14.3 Å². The lowest BCUT2D eigenvalue weighted by molar-refractivity contribution is 0.0523. The maximum Gasteiger partial charge on any atom is 0.407 e. The number of rotatable bonds is 3. The predicted octanol–water partition coefficient (Wildman–Crippen LogP) is 3.91. The number of nitrogens with zero attached hydrogens (tertiary/aromatic N) is 1. The molecule has 1 N–H and O–H groups in total. The highest BCUT2D eigenvalue weighted by molar-refractivity contribution is 5.94. The molecule has 3 rings (SSSR count). The quantitative estimate of drug-likeness (QED) is 0.896. The van der Waals surface area contributed by atoms with Crippen LogP contribution in [0.5, 0.6) is 0 Å². The molecule has 0 bridgehead atoms. The Kier molecular flexibility index (Phi) is 5.49. The van der Waals surface area contributed by atoms with E-state index >= 15 is 0 Å². The van der Waals surface area contributed by atoms with Crippen LogP contribution in [0.15, 0.2) is 48.5 Å². The van der Waals surface area contributed by atoms with Gasteiger partial charge in [-0.1, -0.05) is 36.4 Å². The summed E-state index contributed by atoms with van der Waals surface area (Å²) in [4.78, 5) is 26.4. The van der Waals surface area contributed by atoms with E-state index in [-0.39, 0.29) is 5.91 Å². The summed E-state index contributed by atoms with van der Waals surface area (Å²) >= 11 is 0. The van der Waals surface area contributed by atoms with Crippen molar-refractivity contribution in [2.24, 2.45) is 0 Å². The Bertz CT molecular complexity index is 822. The molecule has 0 atom stereocenters. The first kappa shape index (κ1) is 19.0. The second kappa shape index (κ2) is 7.82. The van der Waals surface area contributed by atoms with E-state index in [1.54, 1.807) is 0 Å². The lowest BCUT2D eigenvalue weighted by atomic mass is 9.99. The van der Waals surface area contributed by atoms with Crippen molar-refractivity contribution in [2.75, 3.05) is 6.54 Å². The molecule has 142 valence electrons. The van der Waals surface area contributed by atoms with Crippen molar-refractivity contribution in [1.82, 2.24) is 10.2 Å². The van der Waals surface area contributed by atoms with Crippen molar-refractivity contribution in [3.05, 3.63) is 70.8 Å². The number of alkyl carbamates (subject to hydrolysis) is 1. The van der Waals surface area contributed by atoms with E-state index < -0.39 is 11.7 Å². The van der Waals surface area contributed by atoms with Crippen LogP contribution in [-0.2, 0) is 24.2 Å². The molecule has 1 heterocycles. The van der Waals surface area contributed by atoms with Gasteiger partial charge in [-0.25, -0.2) is 4.79 Å². The molecule has 0 saturated carbocycles. The van der Waals surface area contributed by atoms with Gasteiger partial charge in [-0.15, -0.1) is 0 Å². The number of nitrogens with one attached hydrogen (secondary N) is 1. The average molecular weight is 366 g/mol. The minimum Gasteiger partial charge on any atom is -0.444 e. The summed E-state index contributed by atoms with van der Waals surface area (Å²) in [5.74, 6) is 0.0381. The highest BCUT2D eigenvalue weighted by Gasteiger charge is 2.21. The van der Waals surface area contributed by atoms with Crippen LogP contribution in [0.4, 0.5) is 4.79 Å². The molecule has 0 aromatic heterocycles. The maximum absolute atomic E-state index is 12.8. The molecule has 2 aromatic carbocycles. The second-order valence-corrected chi connectivity index (χ2v) is 7.80. The summed E-state index contributed by atoms with van der Waals surface area (Å²) in [7, 11) is 0. The fourth-order valence-electron chi connectivity index (χ4n) is 3.11. The number of carbonyl (C=O) groups is 2. The highest BCUT2D eigenvalue weighted by atomic mass is 16.6. The summed E-state index contributed by atoms with van der Waals surface area (Å²) in [6.07, 6.45) is 0.439. The minimum absolute atomic E-state index is 0.0381. The number of ether oxygens (including phenoxy) is 1. The average Bonchev–Trinajstić information content (AvgIpc) is 2.64. The fourth-order valence-corrected chi connectivity index (χ4v) is 3.11. The van der Waals surface area contributed by atoms with Gasteiger partial charge in [-0.2, -0.15) is 0 Å².